The largest absolute Gasteiger partial charge is 0.493 e. The van der Waals surface area contributed by atoms with Crippen molar-refractivity contribution < 1.29 is 24.2 Å². The number of rotatable bonds is 5. The predicted molar refractivity (Wildman–Crippen MR) is 113 cm³/mol. The van der Waals surface area contributed by atoms with E-state index in [-0.39, 0.29) is 23.8 Å². The highest BCUT2D eigenvalue weighted by Gasteiger charge is 2.29. The molecule has 0 aromatic heterocycles. The lowest BCUT2D eigenvalue weighted by molar-refractivity contribution is -0.139. The molecular formula is C24H18N2O5. The molecule has 7 nitrogen and oxygen atoms in total. The number of hydrogen-bond acceptors (Lipinski definition) is 5. The highest BCUT2D eigenvalue weighted by Crippen LogP contribution is 2.39. The molecule has 1 amide bonds. The molecule has 0 fully saturated rings. The van der Waals surface area contributed by atoms with Crippen LogP contribution in [0.3, 0.4) is 0 Å². The number of benzene rings is 3. The van der Waals surface area contributed by atoms with Gasteiger partial charge < -0.3 is 19.9 Å². The fraction of sp³-hybridized carbons (Fsp3) is 0.125. The molecule has 3 aromatic rings. The van der Waals surface area contributed by atoms with E-state index in [9.17, 15) is 20.0 Å². The van der Waals surface area contributed by atoms with Gasteiger partial charge in [-0.3, -0.25) is 9.59 Å². The molecule has 1 aliphatic heterocycles. The first-order chi connectivity index (χ1) is 15.0. The minimum atomic E-state index is -0.952. The van der Waals surface area contributed by atoms with Crippen molar-refractivity contribution in [3.05, 3.63) is 83.4 Å². The van der Waals surface area contributed by atoms with Gasteiger partial charge in [-0.2, -0.15) is 5.26 Å². The van der Waals surface area contributed by atoms with Crippen LogP contribution in [0.4, 0.5) is 5.69 Å². The minimum absolute atomic E-state index is 0.210. The summed E-state index contributed by atoms with van der Waals surface area (Å²) >= 11 is 0. The Bertz CT molecular complexity index is 1170. The van der Waals surface area contributed by atoms with E-state index in [1.165, 1.54) is 6.07 Å². The normalized spacial score (nSPS) is 14.5. The SMILES string of the molecule is N#Cc1cc2c(cc1Oc1ccc(C(=O)Nc3ccccc3)cc1)OCCC2C(=O)O. The molecule has 0 saturated carbocycles. The molecule has 3 aromatic carbocycles. The van der Waals surface area contributed by atoms with E-state index in [0.29, 0.717) is 34.7 Å². The number of nitrogens with one attached hydrogen (secondary N) is 1. The molecule has 0 radical (unpaired) electrons. The third-order valence-corrected chi connectivity index (χ3v) is 4.95. The van der Waals surface area contributed by atoms with Crippen molar-refractivity contribution in [3.63, 3.8) is 0 Å². The van der Waals surface area contributed by atoms with Gasteiger partial charge in [-0.05, 0) is 48.9 Å². The zero-order valence-electron chi connectivity index (χ0n) is 16.4. The van der Waals surface area contributed by atoms with Gasteiger partial charge >= 0.3 is 5.97 Å². The molecule has 0 bridgehead atoms. The zero-order valence-corrected chi connectivity index (χ0v) is 16.4. The number of carbonyl (C=O) groups is 2. The van der Waals surface area contributed by atoms with Crippen molar-refractivity contribution in [3.8, 4) is 23.3 Å². The molecule has 1 atom stereocenters. The zero-order chi connectivity index (χ0) is 21.8. The van der Waals surface area contributed by atoms with Gasteiger partial charge in [-0.15, -0.1) is 0 Å². The summed E-state index contributed by atoms with van der Waals surface area (Å²) in [5, 5.41) is 21.7. The Balaban J connectivity index is 1.53. The van der Waals surface area contributed by atoms with Crippen LogP contribution in [0.25, 0.3) is 0 Å². The fourth-order valence-electron chi connectivity index (χ4n) is 3.37. The van der Waals surface area contributed by atoms with Gasteiger partial charge in [-0.1, -0.05) is 18.2 Å². The summed E-state index contributed by atoms with van der Waals surface area (Å²) in [7, 11) is 0. The Hall–Kier alpha value is -4.31. The van der Waals surface area contributed by atoms with Gasteiger partial charge in [-0.25, -0.2) is 0 Å². The maximum atomic E-state index is 12.4. The summed E-state index contributed by atoms with van der Waals surface area (Å²) in [5.74, 6) is -0.838. The first kappa shape index (κ1) is 20.0. The van der Waals surface area contributed by atoms with E-state index < -0.39 is 11.9 Å². The lowest BCUT2D eigenvalue weighted by Crippen LogP contribution is -2.21. The molecule has 1 heterocycles. The van der Waals surface area contributed by atoms with Gasteiger partial charge in [0.05, 0.1) is 18.1 Å². The third kappa shape index (κ3) is 4.33. The lowest BCUT2D eigenvalue weighted by Gasteiger charge is -2.24. The second-order valence-electron chi connectivity index (χ2n) is 6.97. The highest BCUT2D eigenvalue weighted by atomic mass is 16.5. The average molecular weight is 414 g/mol. The van der Waals surface area contributed by atoms with Gasteiger partial charge in [0.2, 0.25) is 0 Å². The first-order valence-electron chi connectivity index (χ1n) is 9.63. The van der Waals surface area contributed by atoms with Crippen LogP contribution >= 0.6 is 0 Å². The number of carboxylic acid groups (broad SMARTS) is 1. The van der Waals surface area contributed by atoms with Crippen LogP contribution in [0.1, 0.15) is 33.8 Å². The van der Waals surface area contributed by atoms with E-state index in [1.807, 2.05) is 24.3 Å². The number of carbonyl (C=O) groups excluding carboxylic acids is 1. The van der Waals surface area contributed by atoms with Crippen molar-refractivity contribution in [2.75, 3.05) is 11.9 Å². The summed E-state index contributed by atoms with van der Waals surface area (Å²) in [6.45, 7) is 0.278. The van der Waals surface area contributed by atoms with Crippen LogP contribution in [0.2, 0.25) is 0 Å². The summed E-state index contributed by atoms with van der Waals surface area (Å²) in [6.07, 6.45) is 0.347. The smallest absolute Gasteiger partial charge is 0.311 e. The number of para-hydroxylation sites is 1. The van der Waals surface area contributed by atoms with Crippen LogP contribution in [-0.4, -0.2) is 23.6 Å². The van der Waals surface area contributed by atoms with E-state index in [0.717, 1.165) is 0 Å². The molecule has 0 aliphatic carbocycles. The van der Waals surface area contributed by atoms with E-state index >= 15 is 0 Å². The Kier molecular flexibility index (Phi) is 5.54. The number of carboxylic acids is 1. The van der Waals surface area contributed by atoms with Crippen molar-refractivity contribution in [2.24, 2.45) is 0 Å². The van der Waals surface area contributed by atoms with Gasteiger partial charge in [0.1, 0.15) is 23.3 Å². The number of hydrogen-bond donors (Lipinski definition) is 2. The third-order valence-electron chi connectivity index (χ3n) is 4.95. The number of fused-ring (bicyclic) bond motifs is 1. The van der Waals surface area contributed by atoms with Crippen LogP contribution in [-0.2, 0) is 4.79 Å². The molecule has 0 spiro atoms. The van der Waals surface area contributed by atoms with E-state index in [1.54, 1.807) is 42.5 Å². The van der Waals surface area contributed by atoms with Gasteiger partial charge in [0, 0.05) is 22.9 Å². The van der Waals surface area contributed by atoms with Crippen molar-refractivity contribution in [2.45, 2.75) is 12.3 Å². The lowest BCUT2D eigenvalue weighted by atomic mass is 9.91. The van der Waals surface area contributed by atoms with Crippen molar-refractivity contribution in [1.29, 1.82) is 5.26 Å². The summed E-state index contributed by atoms with van der Waals surface area (Å²) in [4.78, 5) is 23.9. The maximum Gasteiger partial charge on any atom is 0.311 e. The molecule has 2 N–H and O–H groups in total. The number of aliphatic carboxylic acids is 1. The number of nitriles is 1. The Morgan fingerprint density at radius 1 is 1.10 bits per heavy atom. The Labute approximate surface area is 178 Å². The van der Waals surface area contributed by atoms with E-state index in [2.05, 4.69) is 5.32 Å². The number of nitrogens with zero attached hydrogens (tertiary/aromatic N) is 1. The fourth-order valence-corrected chi connectivity index (χ4v) is 3.37. The summed E-state index contributed by atoms with van der Waals surface area (Å²) in [5.41, 5.74) is 1.83. The summed E-state index contributed by atoms with van der Waals surface area (Å²) < 4.78 is 11.4. The average Bonchev–Trinajstić information content (AvgIpc) is 2.79. The van der Waals surface area contributed by atoms with Crippen molar-refractivity contribution in [1.82, 2.24) is 0 Å². The monoisotopic (exact) mass is 414 g/mol. The Morgan fingerprint density at radius 2 is 1.84 bits per heavy atom. The number of amides is 1. The number of ether oxygens (including phenoxy) is 2. The molecule has 0 saturated heterocycles. The highest BCUT2D eigenvalue weighted by molar-refractivity contribution is 6.04. The quantitative estimate of drug-likeness (QED) is 0.634. The van der Waals surface area contributed by atoms with Crippen molar-refractivity contribution >= 4 is 17.6 Å². The van der Waals surface area contributed by atoms with Crippen LogP contribution in [0.15, 0.2) is 66.7 Å². The molecular weight excluding hydrogens is 396 g/mol. The molecule has 31 heavy (non-hydrogen) atoms. The van der Waals surface area contributed by atoms with Crippen LogP contribution in [0.5, 0.6) is 17.2 Å². The topological polar surface area (TPSA) is 109 Å². The van der Waals surface area contributed by atoms with Gasteiger partial charge in [0.15, 0.2) is 0 Å². The van der Waals surface area contributed by atoms with Crippen LogP contribution in [0, 0.1) is 11.3 Å². The maximum absolute atomic E-state index is 12.4. The summed E-state index contributed by atoms with van der Waals surface area (Å²) in [6, 6.07) is 20.7. The molecule has 4 rings (SSSR count). The first-order valence-corrected chi connectivity index (χ1v) is 9.63. The standard InChI is InChI=1S/C24H18N2O5/c25-14-16-12-20-19(24(28)29)10-11-30-22(20)13-21(16)31-18-8-6-15(7-9-18)23(27)26-17-4-2-1-3-5-17/h1-9,12-13,19H,10-11H2,(H,26,27)(H,28,29). The van der Waals surface area contributed by atoms with Crippen LogP contribution < -0.4 is 14.8 Å². The molecule has 1 aliphatic rings. The number of anilines is 1. The Morgan fingerprint density at radius 3 is 2.52 bits per heavy atom. The molecule has 7 heteroatoms. The minimum Gasteiger partial charge on any atom is -0.493 e. The van der Waals surface area contributed by atoms with E-state index in [4.69, 9.17) is 9.47 Å². The predicted octanol–water partition coefficient (Wildman–Crippen LogP) is 4.55. The molecule has 1 unspecified atom stereocenters. The van der Waals surface area contributed by atoms with Gasteiger partial charge in [0.25, 0.3) is 5.91 Å². The molecule has 154 valence electrons. The second-order valence-corrected chi connectivity index (χ2v) is 6.97. The second kappa shape index (κ2) is 8.59.